The van der Waals surface area contributed by atoms with E-state index < -0.39 is 5.60 Å². The molecule has 24 heteroatoms. The molecule has 89 heavy (non-hydrogen) atoms. The normalized spacial score (nSPS) is 22.3. The fourth-order valence-corrected chi connectivity index (χ4v) is 14.3. The number of nitrogens with zero attached hydrogens (tertiary/aromatic N) is 16. The van der Waals surface area contributed by atoms with Crippen molar-refractivity contribution in [2.45, 2.75) is 161 Å². The molecule has 11 heterocycles. The Labute approximate surface area is 538 Å². The highest BCUT2D eigenvalue weighted by Gasteiger charge is 2.38. The largest absolute Gasteiger partial charge is 0.462 e. The van der Waals surface area contributed by atoms with E-state index in [1.165, 1.54) is 34.5 Å². The summed E-state index contributed by atoms with van der Waals surface area (Å²) >= 11 is 0. The van der Waals surface area contributed by atoms with Gasteiger partial charge in [0.25, 0.3) is 0 Å². The Bertz CT molecular complexity index is 3520. The van der Waals surface area contributed by atoms with Gasteiger partial charge in [0, 0.05) is 92.8 Å². The van der Waals surface area contributed by atoms with Crippen molar-refractivity contribution in [1.82, 2.24) is 54.6 Å². The van der Waals surface area contributed by atoms with Crippen LogP contribution in [0.2, 0.25) is 0 Å². The lowest BCUT2D eigenvalue weighted by Crippen LogP contribution is -2.56. The predicted octanol–water partition coefficient (Wildman–Crippen LogP) is 9.26. The number of nitriles is 2. The second-order valence-electron chi connectivity index (χ2n) is 26.1. The molecule has 0 radical (unpaired) electrons. The van der Waals surface area contributed by atoms with Crippen LogP contribution in [-0.4, -0.2) is 177 Å². The highest BCUT2D eigenvalue weighted by atomic mass is 32.1. The summed E-state index contributed by atoms with van der Waals surface area (Å²) in [6.07, 6.45) is 15.9. The summed E-state index contributed by atoms with van der Waals surface area (Å²) in [5.74, 6) is 2.25. The molecule has 5 fully saturated rings. The number of amides is 1. The van der Waals surface area contributed by atoms with Crippen molar-refractivity contribution in [1.29, 1.82) is 10.5 Å². The SMILES string of the molecule is Cc1ccc2[nH]ncc2c1N1CCc2c(nc(OC[C@@H]3CCCN3C)nc2N2CCCC(CC#N)C2)C1.Cc1ccc2c(cnn2C2CCCCO2)c1N1CCc2c(nc(OC[C@@H]3CCCN3C)nc2N2CCN(C(=O)OC(C)(C)C)C(CC#N)C2)C1.S.S. The first-order chi connectivity index (χ1) is 42.2. The number of benzene rings is 2. The third-order valence-electron chi connectivity index (χ3n) is 18.9. The highest BCUT2D eigenvalue weighted by Crippen LogP contribution is 2.40. The monoisotopic (exact) mass is 1250 g/mol. The molecule has 0 saturated carbocycles. The number of aromatic nitrogens is 8. The number of piperidine rings is 1. The van der Waals surface area contributed by atoms with Crippen LogP contribution in [-0.2, 0) is 35.4 Å². The molecule has 13 rings (SSSR count). The fraction of sp³-hybridized carbons (Fsp3) is 0.615. The van der Waals surface area contributed by atoms with E-state index >= 15 is 0 Å². The number of H-pyrrole nitrogens is 1. The molecule has 7 aliphatic rings. The van der Waals surface area contributed by atoms with E-state index in [1.807, 2.05) is 33.2 Å². The van der Waals surface area contributed by atoms with Crippen molar-refractivity contribution in [2.24, 2.45) is 5.92 Å². The lowest BCUT2D eigenvalue weighted by molar-refractivity contribution is -0.0366. The van der Waals surface area contributed by atoms with Gasteiger partial charge in [-0.05, 0) is 162 Å². The number of fused-ring (bicyclic) bond motifs is 4. The molecule has 6 aromatic rings. The maximum absolute atomic E-state index is 13.2. The fourth-order valence-electron chi connectivity index (χ4n) is 14.3. The Kier molecular flexibility index (Phi) is 20.9. The molecule has 5 atom stereocenters. The molecule has 4 aromatic heterocycles. The number of piperazine rings is 1. The number of ether oxygens (including phenoxy) is 4. The molecule has 22 nitrogen and oxygen atoms in total. The number of likely N-dealkylation sites (tertiary alicyclic amines) is 2. The molecule has 5 saturated heterocycles. The minimum absolute atomic E-state index is 0. The number of aromatic amines is 1. The smallest absolute Gasteiger partial charge is 0.410 e. The van der Waals surface area contributed by atoms with Crippen LogP contribution in [0, 0.1) is 42.4 Å². The standard InChI is InChI=1S/C37H51N9O4.C28H36N8O.2H2S/c1-25-11-12-31-29(21-39-46(31)32-10-6-7-20-48-32)33(25)43-17-14-28-30(23-43)40-35(49-24-27-9-8-16-42(27)5)41-34(28)44-18-19-45(26(22-44)13-15-38)36(47)50-37(2,3)4;1-19-7-8-24-23(15-30-33-24)26(19)35-14-10-22-25(17-35)31-28(37-18-21-6-4-12-34(21)2)32-27(22)36-13-3-5-20(16-36)9-11-29;;/h11-12,21,26-27,32H,6-10,13-14,16-20,22-24H2,1-5H3;7-8,15,20-21H,3-6,9-10,12-14,16-18H2,1-2H3,(H,30,33);2*1H2/t26?,27-,32?;20?,21-;;/m00../s1. The van der Waals surface area contributed by atoms with Crippen LogP contribution in [0.15, 0.2) is 36.7 Å². The minimum atomic E-state index is -0.617. The molecule has 2 aromatic carbocycles. The first kappa shape index (κ1) is 65.1. The van der Waals surface area contributed by atoms with Crippen LogP contribution in [0.5, 0.6) is 12.0 Å². The molecule has 3 unspecified atom stereocenters. The van der Waals surface area contributed by atoms with Crippen molar-refractivity contribution in [3.8, 4) is 24.2 Å². The number of rotatable bonds is 13. The topological polar surface area (TPSA) is 222 Å². The number of aryl methyl sites for hydroxylation is 2. The molecule has 0 bridgehead atoms. The van der Waals surface area contributed by atoms with Crippen LogP contribution in [0.1, 0.15) is 131 Å². The zero-order valence-electron chi connectivity index (χ0n) is 53.1. The number of anilines is 4. The molecule has 1 N–H and O–H groups in total. The van der Waals surface area contributed by atoms with Gasteiger partial charge in [0.2, 0.25) is 0 Å². The first-order valence-corrected chi connectivity index (χ1v) is 31.9. The second-order valence-corrected chi connectivity index (χ2v) is 26.1. The minimum Gasteiger partial charge on any atom is -0.462 e. The number of carbonyl (C=O) groups excluding carboxylic acids is 1. The van der Waals surface area contributed by atoms with Gasteiger partial charge in [0.15, 0.2) is 6.23 Å². The second kappa shape index (κ2) is 28.6. The van der Waals surface area contributed by atoms with E-state index in [4.69, 9.17) is 44.0 Å². The molecule has 0 spiro atoms. The van der Waals surface area contributed by atoms with E-state index in [-0.39, 0.29) is 51.8 Å². The van der Waals surface area contributed by atoms with Crippen molar-refractivity contribution in [3.05, 3.63) is 70.3 Å². The van der Waals surface area contributed by atoms with Gasteiger partial charge >= 0.3 is 18.1 Å². The van der Waals surface area contributed by atoms with Gasteiger partial charge in [-0.3, -0.25) is 5.10 Å². The van der Waals surface area contributed by atoms with Gasteiger partial charge < -0.3 is 53.2 Å². The van der Waals surface area contributed by atoms with Crippen molar-refractivity contribution >= 4 is 77.9 Å². The van der Waals surface area contributed by atoms with Crippen molar-refractivity contribution in [2.75, 3.05) is 112 Å². The van der Waals surface area contributed by atoms with Crippen molar-refractivity contribution in [3.63, 3.8) is 0 Å². The Morgan fingerprint density at radius 2 is 1.27 bits per heavy atom. The zero-order chi connectivity index (χ0) is 60.3. The van der Waals surface area contributed by atoms with E-state index in [2.05, 4.69) is 109 Å². The van der Waals surface area contributed by atoms with Gasteiger partial charge in [0.05, 0.1) is 83.9 Å². The summed E-state index contributed by atoms with van der Waals surface area (Å²) in [5.41, 5.74) is 10.7. The Hall–Kier alpha value is -6.83. The molecule has 0 aliphatic carbocycles. The number of carbonyl (C=O) groups is 1. The van der Waals surface area contributed by atoms with Gasteiger partial charge in [-0.25, -0.2) is 9.48 Å². The van der Waals surface area contributed by atoms with Crippen LogP contribution in [0.3, 0.4) is 0 Å². The average Bonchev–Trinajstić information content (AvgIpc) is 2.10. The first-order valence-electron chi connectivity index (χ1n) is 31.9. The van der Waals surface area contributed by atoms with Gasteiger partial charge in [-0.15, -0.1) is 0 Å². The van der Waals surface area contributed by atoms with Crippen LogP contribution >= 0.6 is 27.0 Å². The Balaban J connectivity index is 0.000000200. The summed E-state index contributed by atoms with van der Waals surface area (Å²) < 4.78 is 26.5. The highest BCUT2D eigenvalue weighted by molar-refractivity contribution is 7.59. The quantitative estimate of drug-likeness (QED) is 0.114. The van der Waals surface area contributed by atoms with E-state index in [0.29, 0.717) is 82.4 Å². The lowest BCUT2D eigenvalue weighted by Gasteiger charge is -2.42. The molecular weight excluding hydrogens is 1160 g/mol. The summed E-state index contributed by atoms with van der Waals surface area (Å²) in [4.78, 5) is 49.1. The van der Waals surface area contributed by atoms with Crippen LogP contribution in [0.4, 0.5) is 27.8 Å². The summed E-state index contributed by atoms with van der Waals surface area (Å²) in [6.45, 7) is 20.3. The van der Waals surface area contributed by atoms with Gasteiger partial charge in [-0.1, -0.05) is 12.1 Å². The Morgan fingerprint density at radius 1 is 0.663 bits per heavy atom. The maximum atomic E-state index is 13.2. The number of hydrogen-bond acceptors (Lipinski definition) is 19. The third-order valence-corrected chi connectivity index (χ3v) is 18.9. The lowest BCUT2D eigenvalue weighted by atomic mass is 9.94. The predicted molar refractivity (Wildman–Crippen MR) is 355 cm³/mol. The number of hydrogen-bond donors (Lipinski definition) is 1. The van der Waals surface area contributed by atoms with Gasteiger partial charge in [0.1, 0.15) is 30.5 Å². The molecule has 1 amide bonds. The van der Waals surface area contributed by atoms with Crippen molar-refractivity contribution < 1.29 is 23.7 Å². The molecule has 478 valence electrons. The maximum Gasteiger partial charge on any atom is 0.410 e. The average molecular weight is 1250 g/mol. The van der Waals surface area contributed by atoms with E-state index in [9.17, 15) is 15.3 Å². The Morgan fingerprint density at radius 3 is 1.85 bits per heavy atom. The third kappa shape index (κ3) is 14.4. The summed E-state index contributed by atoms with van der Waals surface area (Å²) in [7, 11) is 4.31. The van der Waals surface area contributed by atoms with Crippen LogP contribution < -0.4 is 29.1 Å². The zero-order valence-corrected chi connectivity index (χ0v) is 55.1. The number of likely N-dealkylation sites (N-methyl/N-ethyl adjacent to an activating group) is 2. The van der Waals surface area contributed by atoms with E-state index in [0.717, 1.165) is 160 Å². The molecule has 7 aliphatic heterocycles. The van der Waals surface area contributed by atoms with E-state index in [1.54, 1.807) is 4.90 Å². The summed E-state index contributed by atoms with van der Waals surface area (Å²) in [6, 6.07) is 14.6. The number of nitrogens with one attached hydrogen (secondary N) is 1. The molecular formula is C65H91N17O5S2. The van der Waals surface area contributed by atoms with Crippen LogP contribution in [0.25, 0.3) is 21.8 Å². The summed E-state index contributed by atoms with van der Waals surface area (Å²) in [5, 5.41) is 33.5. The van der Waals surface area contributed by atoms with Gasteiger partial charge in [-0.2, -0.15) is 67.6 Å².